The van der Waals surface area contributed by atoms with Gasteiger partial charge in [0.1, 0.15) is 5.75 Å². The molecule has 2 N–H and O–H groups in total. The number of oxime groups is 1. The highest BCUT2D eigenvalue weighted by Crippen LogP contribution is 2.18. The molecule has 18 heavy (non-hydrogen) atoms. The van der Waals surface area contributed by atoms with E-state index >= 15 is 0 Å². The second-order valence-electron chi connectivity index (χ2n) is 4.19. The van der Waals surface area contributed by atoms with E-state index in [1.54, 1.807) is 25.1 Å². The van der Waals surface area contributed by atoms with E-state index in [1.807, 2.05) is 19.9 Å². The van der Waals surface area contributed by atoms with Crippen LogP contribution in [0.2, 0.25) is 0 Å². The Hall–Kier alpha value is -2.04. The van der Waals surface area contributed by atoms with E-state index in [1.165, 1.54) is 0 Å². The fourth-order valence-corrected chi connectivity index (χ4v) is 1.45. The quantitative estimate of drug-likeness (QED) is 0.475. The molecule has 0 saturated carbocycles. The molecule has 0 heterocycles. The summed E-state index contributed by atoms with van der Waals surface area (Å²) in [4.78, 5) is 11.5. The zero-order valence-electron chi connectivity index (χ0n) is 10.8. The van der Waals surface area contributed by atoms with Gasteiger partial charge in [0, 0.05) is 11.6 Å². The summed E-state index contributed by atoms with van der Waals surface area (Å²) >= 11 is 0. The van der Waals surface area contributed by atoms with E-state index in [2.05, 4.69) is 10.5 Å². The largest absolute Gasteiger partial charge is 0.483 e. The molecule has 0 aliphatic heterocycles. The molecule has 0 saturated heterocycles. The molecule has 0 spiro atoms. The van der Waals surface area contributed by atoms with Crippen LogP contribution in [0.25, 0.3) is 0 Å². The van der Waals surface area contributed by atoms with Crippen LogP contribution in [0, 0.1) is 0 Å². The second-order valence-corrected chi connectivity index (χ2v) is 4.19. The maximum atomic E-state index is 11.5. The SMILES string of the molecule is C/C(=N\O)c1ccccc1OCC(=O)NC(C)C. The van der Waals surface area contributed by atoms with Crippen LogP contribution in [0.5, 0.6) is 5.75 Å². The number of carbonyl (C=O) groups excluding carboxylic acids is 1. The average Bonchev–Trinajstić information content (AvgIpc) is 2.35. The van der Waals surface area contributed by atoms with Crippen molar-refractivity contribution in [2.45, 2.75) is 26.8 Å². The van der Waals surface area contributed by atoms with E-state index in [0.717, 1.165) is 0 Å². The minimum Gasteiger partial charge on any atom is -0.483 e. The van der Waals surface area contributed by atoms with Crippen molar-refractivity contribution in [1.29, 1.82) is 0 Å². The Morgan fingerprint density at radius 1 is 1.44 bits per heavy atom. The molecule has 1 aromatic rings. The molecule has 0 bridgehead atoms. The van der Waals surface area contributed by atoms with E-state index in [9.17, 15) is 4.79 Å². The van der Waals surface area contributed by atoms with Crippen molar-refractivity contribution in [3.05, 3.63) is 29.8 Å². The van der Waals surface area contributed by atoms with Gasteiger partial charge in [0.05, 0.1) is 5.71 Å². The van der Waals surface area contributed by atoms with Crippen LogP contribution < -0.4 is 10.1 Å². The normalized spacial score (nSPS) is 11.4. The molecule has 0 unspecified atom stereocenters. The Balaban J connectivity index is 2.70. The minimum atomic E-state index is -0.182. The van der Waals surface area contributed by atoms with Gasteiger partial charge in [-0.2, -0.15) is 0 Å². The first-order chi connectivity index (χ1) is 8.54. The highest BCUT2D eigenvalue weighted by atomic mass is 16.5. The third kappa shape index (κ3) is 4.08. The number of para-hydroxylation sites is 1. The molecule has 1 rings (SSSR count). The Morgan fingerprint density at radius 3 is 2.72 bits per heavy atom. The highest BCUT2D eigenvalue weighted by Gasteiger charge is 2.09. The maximum Gasteiger partial charge on any atom is 0.258 e. The Morgan fingerprint density at radius 2 is 2.11 bits per heavy atom. The molecule has 0 atom stereocenters. The number of nitrogens with zero attached hydrogens (tertiary/aromatic N) is 1. The zero-order valence-corrected chi connectivity index (χ0v) is 10.8. The van der Waals surface area contributed by atoms with Gasteiger partial charge in [-0.1, -0.05) is 17.3 Å². The monoisotopic (exact) mass is 250 g/mol. The van der Waals surface area contributed by atoms with Crippen LogP contribution in [-0.4, -0.2) is 29.5 Å². The lowest BCUT2D eigenvalue weighted by atomic mass is 10.1. The predicted molar refractivity (Wildman–Crippen MR) is 69.2 cm³/mol. The van der Waals surface area contributed by atoms with Crippen molar-refractivity contribution in [3.63, 3.8) is 0 Å². The van der Waals surface area contributed by atoms with Crippen LogP contribution >= 0.6 is 0 Å². The van der Waals surface area contributed by atoms with Crippen molar-refractivity contribution in [1.82, 2.24) is 5.32 Å². The van der Waals surface area contributed by atoms with Gasteiger partial charge in [0.25, 0.3) is 5.91 Å². The first kappa shape index (κ1) is 14.0. The van der Waals surface area contributed by atoms with E-state index < -0.39 is 0 Å². The molecule has 98 valence electrons. The highest BCUT2D eigenvalue weighted by molar-refractivity contribution is 6.00. The Bertz CT molecular complexity index is 442. The van der Waals surface area contributed by atoms with Crippen molar-refractivity contribution in [3.8, 4) is 5.75 Å². The van der Waals surface area contributed by atoms with Gasteiger partial charge in [-0.05, 0) is 32.9 Å². The fourth-order valence-electron chi connectivity index (χ4n) is 1.45. The molecule has 1 aromatic carbocycles. The number of rotatable bonds is 5. The van der Waals surface area contributed by atoms with Crippen LogP contribution in [-0.2, 0) is 4.79 Å². The number of carbonyl (C=O) groups is 1. The standard InChI is InChI=1S/C13H18N2O3/c1-9(2)14-13(16)8-18-12-7-5-4-6-11(12)10(3)15-17/h4-7,9,17H,8H2,1-3H3,(H,14,16)/b15-10+. The van der Waals surface area contributed by atoms with Gasteiger partial charge in [-0.15, -0.1) is 0 Å². The lowest BCUT2D eigenvalue weighted by Gasteiger charge is -2.12. The third-order valence-corrected chi connectivity index (χ3v) is 2.24. The summed E-state index contributed by atoms with van der Waals surface area (Å²) in [5, 5.41) is 14.6. The van der Waals surface area contributed by atoms with Gasteiger partial charge in [-0.3, -0.25) is 4.79 Å². The summed E-state index contributed by atoms with van der Waals surface area (Å²) in [6.45, 7) is 5.37. The van der Waals surface area contributed by atoms with E-state index in [4.69, 9.17) is 9.94 Å². The summed E-state index contributed by atoms with van der Waals surface area (Å²) in [6.07, 6.45) is 0. The molecule has 1 amide bonds. The van der Waals surface area contributed by atoms with Crippen LogP contribution in [0.4, 0.5) is 0 Å². The molecule has 5 heteroatoms. The lowest BCUT2D eigenvalue weighted by molar-refractivity contribution is -0.123. The van der Waals surface area contributed by atoms with Gasteiger partial charge in [-0.25, -0.2) is 0 Å². The summed E-state index contributed by atoms with van der Waals surface area (Å²) in [7, 11) is 0. The minimum absolute atomic E-state index is 0.0616. The molecule has 0 aliphatic carbocycles. The van der Waals surface area contributed by atoms with Crippen molar-refractivity contribution >= 4 is 11.6 Å². The molecule has 0 aromatic heterocycles. The predicted octanol–water partition coefficient (Wildman–Crippen LogP) is 1.79. The first-order valence-corrected chi connectivity index (χ1v) is 5.74. The van der Waals surface area contributed by atoms with E-state index in [-0.39, 0.29) is 18.6 Å². The molecule has 0 aliphatic rings. The van der Waals surface area contributed by atoms with Gasteiger partial charge >= 0.3 is 0 Å². The number of amides is 1. The smallest absolute Gasteiger partial charge is 0.258 e. The number of ether oxygens (including phenoxy) is 1. The van der Waals surface area contributed by atoms with Crippen LogP contribution in [0.3, 0.4) is 0 Å². The van der Waals surface area contributed by atoms with Gasteiger partial charge in [0.15, 0.2) is 6.61 Å². The number of hydrogen-bond acceptors (Lipinski definition) is 4. The van der Waals surface area contributed by atoms with Crippen LogP contribution in [0.1, 0.15) is 26.3 Å². The molecule has 0 fully saturated rings. The maximum absolute atomic E-state index is 11.5. The van der Waals surface area contributed by atoms with Crippen molar-refractivity contribution < 1.29 is 14.7 Å². The summed E-state index contributed by atoms with van der Waals surface area (Å²) in [5.41, 5.74) is 1.10. The number of nitrogens with one attached hydrogen (secondary N) is 1. The van der Waals surface area contributed by atoms with Crippen LogP contribution in [0.15, 0.2) is 29.4 Å². The fraction of sp³-hybridized carbons (Fsp3) is 0.385. The molecule has 0 radical (unpaired) electrons. The van der Waals surface area contributed by atoms with Gasteiger partial charge < -0.3 is 15.3 Å². The Kier molecular flexibility index (Phi) is 5.17. The zero-order chi connectivity index (χ0) is 13.5. The number of benzene rings is 1. The van der Waals surface area contributed by atoms with Crippen molar-refractivity contribution in [2.24, 2.45) is 5.16 Å². The van der Waals surface area contributed by atoms with Crippen molar-refractivity contribution in [2.75, 3.05) is 6.61 Å². The summed E-state index contributed by atoms with van der Waals surface area (Å²) in [6, 6.07) is 7.18. The van der Waals surface area contributed by atoms with Gasteiger partial charge in [0.2, 0.25) is 0 Å². The Labute approximate surface area is 106 Å². The van der Waals surface area contributed by atoms with E-state index in [0.29, 0.717) is 17.0 Å². The first-order valence-electron chi connectivity index (χ1n) is 5.74. The second kappa shape index (κ2) is 6.64. The number of hydrogen-bond donors (Lipinski definition) is 2. The summed E-state index contributed by atoms with van der Waals surface area (Å²) < 4.78 is 5.42. The topological polar surface area (TPSA) is 70.9 Å². The summed E-state index contributed by atoms with van der Waals surface area (Å²) in [5.74, 6) is 0.338. The third-order valence-electron chi connectivity index (χ3n) is 2.24. The average molecular weight is 250 g/mol. The molecule has 5 nitrogen and oxygen atoms in total. The lowest BCUT2D eigenvalue weighted by Crippen LogP contribution is -2.34. The molecular weight excluding hydrogens is 232 g/mol. The molecular formula is C13H18N2O3.